The van der Waals surface area contributed by atoms with E-state index >= 15 is 0 Å². The third-order valence-corrected chi connectivity index (χ3v) is 2.06. The van der Waals surface area contributed by atoms with E-state index in [0.29, 0.717) is 12.2 Å². The number of carbonyl (C=O) groups is 1. The van der Waals surface area contributed by atoms with E-state index in [1.807, 2.05) is 6.92 Å². The Morgan fingerprint density at radius 2 is 2.27 bits per heavy atom. The van der Waals surface area contributed by atoms with Gasteiger partial charge < -0.3 is 15.7 Å². The highest BCUT2D eigenvalue weighted by Crippen LogP contribution is 2.25. The lowest BCUT2D eigenvalue weighted by Crippen LogP contribution is -2.29. The maximum atomic E-state index is 11.2. The molecule has 15 heavy (non-hydrogen) atoms. The molecule has 0 atom stereocenters. The van der Waals surface area contributed by atoms with Gasteiger partial charge in [-0.1, -0.05) is 18.5 Å². The summed E-state index contributed by atoms with van der Waals surface area (Å²) in [6.07, 6.45) is 0.874. The summed E-state index contributed by atoms with van der Waals surface area (Å²) in [4.78, 5) is 11.2. The van der Waals surface area contributed by atoms with Crippen LogP contribution in [-0.2, 0) is 0 Å². The van der Waals surface area contributed by atoms with E-state index in [9.17, 15) is 9.90 Å². The molecule has 0 saturated carbocycles. The van der Waals surface area contributed by atoms with Crippen LogP contribution >= 0.6 is 11.6 Å². The van der Waals surface area contributed by atoms with Crippen molar-refractivity contribution in [2.45, 2.75) is 13.3 Å². The molecule has 0 aromatic heterocycles. The third-order valence-electron chi connectivity index (χ3n) is 1.74. The summed E-state index contributed by atoms with van der Waals surface area (Å²) in [5.41, 5.74) is 0.505. The summed E-state index contributed by atoms with van der Waals surface area (Å²) in [5.74, 6) is -0.0510. The van der Waals surface area contributed by atoms with E-state index < -0.39 is 0 Å². The minimum atomic E-state index is -0.293. The minimum absolute atomic E-state index is 0.0510. The van der Waals surface area contributed by atoms with E-state index in [0.717, 1.165) is 6.42 Å². The first-order valence-electron chi connectivity index (χ1n) is 4.67. The quantitative estimate of drug-likeness (QED) is 0.745. The SMILES string of the molecule is CCCNC(=O)Nc1ccc(Cl)c(O)c1. The lowest BCUT2D eigenvalue weighted by Gasteiger charge is -2.07. The van der Waals surface area contributed by atoms with Gasteiger partial charge in [0.2, 0.25) is 0 Å². The number of amides is 2. The summed E-state index contributed by atoms with van der Waals surface area (Å²) in [5, 5.41) is 14.8. The van der Waals surface area contributed by atoms with E-state index in [1.165, 1.54) is 12.1 Å². The molecule has 0 unspecified atom stereocenters. The Morgan fingerprint density at radius 3 is 2.87 bits per heavy atom. The summed E-state index contributed by atoms with van der Waals surface area (Å²) in [6.45, 7) is 2.58. The number of urea groups is 1. The van der Waals surface area contributed by atoms with E-state index in [1.54, 1.807) is 6.07 Å². The maximum absolute atomic E-state index is 11.2. The monoisotopic (exact) mass is 228 g/mol. The maximum Gasteiger partial charge on any atom is 0.319 e. The molecule has 0 aliphatic rings. The van der Waals surface area contributed by atoms with Crippen molar-refractivity contribution in [2.75, 3.05) is 11.9 Å². The molecule has 3 N–H and O–H groups in total. The lowest BCUT2D eigenvalue weighted by molar-refractivity contribution is 0.252. The first-order valence-corrected chi connectivity index (χ1v) is 5.04. The van der Waals surface area contributed by atoms with Gasteiger partial charge >= 0.3 is 6.03 Å². The molecule has 5 heteroatoms. The highest BCUT2D eigenvalue weighted by molar-refractivity contribution is 6.32. The van der Waals surface area contributed by atoms with Gasteiger partial charge in [-0.15, -0.1) is 0 Å². The molecule has 1 aromatic rings. The highest BCUT2D eigenvalue weighted by atomic mass is 35.5. The van der Waals surface area contributed by atoms with Gasteiger partial charge in [-0.05, 0) is 18.6 Å². The predicted octanol–water partition coefficient (Wildman–Crippen LogP) is 2.58. The van der Waals surface area contributed by atoms with E-state index in [4.69, 9.17) is 11.6 Å². The van der Waals surface area contributed by atoms with Crippen molar-refractivity contribution in [3.05, 3.63) is 23.2 Å². The van der Waals surface area contributed by atoms with Crippen molar-refractivity contribution in [2.24, 2.45) is 0 Å². The standard InChI is InChI=1S/C10H13ClN2O2/c1-2-5-12-10(15)13-7-3-4-8(11)9(14)6-7/h3-4,6,14H,2,5H2,1H3,(H2,12,13,15). The van der Waals surface area contributed by atoms with Crippen molar-refractivity contribution in [1.29, 1.82) is 0 Å². The van der Waals surface area contributed by atoms with Gasteiger partial charge in [0.05, 0.1) is 5.02 Å². The summed E-state index contributed by atoms with van der Waals surface area (Å²) >= 11 is 5.62. The normalized spacial score (nSPS) is 9.73. The van der Waals surface area contributed by atoms with Crippen molar-refractivity contribution in [3.8, 4) is 5.75 Å². The topological polar surface area (TPSA) is 61.4 Å². The van der Waals surface area contributed by atoms with Crippen LogP contribution in [0.1, 0.15) is 13.3 Å². The molecule has 2 amide bonds. The van der Waals surface area contributed by atoms with Gasteiger partial charge in [0.15, 0.2) is 0 Å². The molecule has 0 heterocycles. The average molecular weight is 229 g/mol. The zero-order valence-corrected chi connectivity index (χ0v) is 9.14. The van der Waals surface area contributed by atoms with E-state index in [-0.39, 0.29) is 16.8 Å². The zero-order valence-electron chi connectivity index (χ0n) is 8.38. The van der Waals surface area contributed by atoms with Crippen molar-refractivity contribution in [3.63, 3.8) is 0 Å². The van der Waals surface area contributed by atoms with Gasteiger partial charge in [-0.25, -0.2) is 4.79 Å². The second kappa shape index (κ2) is 5.46. The van der Waals surface area contributed by atoms with Crippen LogP contribution in [0.4, 0.5) is 10.5 Å². The van der Waals surface area contributed by atoms with Crippen LogP contribution in [-0.4, -0.2) is 17.7 Å². The summed E-state index contributed by atoms with van der Waals surface area (Å²) in [7, 11) is 0. The molecule has 0 saturated heterocycles. The fourth-order valence-corrected chi connectivity index (χ4v) is 1.12. The van der Waals surface area contributed by atoms with Crippen molar-refractivity contribution < 1.29 is 9.90 Å². The molecule has 1 rings (SSSR count). The number of halogens is 1. The molecule has 0 aliphatic heterocycles. The first kappa shape index (κ1) is 11.7. The van der Waals surface area contributed by atoms with Crippen LogP contribution in [0.3, 0.4) is 0 Å². The summed E-state index contributed by atoms with van der Waals surface area (Å²) < 4.78 is 0. The van der Waals surface area contributed by atoms with Crippen LogP contribution in [0.15, 0.2) is 18.2 Å². The Hall–Kier alpha value is -1.42. The highest BCUT2D eigenvalue weighted by Gasteiger charge is 2.03. The van der Waals surface area contributed by atoms with Crippen LogP contribution in [0.5, 0.6) is 5.75 Å². The molecule has 82 valence electrons. The Labute approximate surface area is 93.2 Å². The van der Waals surface area contributed by atoms with Crippen LogP contribution in [0.2, 0.25) is 5.02 Å². The zero-order chi connectivity index (χ0) is 11.3. The van der Waals surface area contributed by atoms with Crippen molar-refractivity contribution in [1.82, 2.24) is 5.32 Å². The Morgan fingerprint density at radius 1 is 1.53 bits per heavy atom. The molecular weight excluding hydrogens is 216 g/mol. The van der Waals surface area contributed by atoms with Gasteiger partial charge in [0, 0.05) is 18.3 Å². The molecule has 0 fully saturated rings. The number of benzene rings is 1. The van der Waals surface area contributed by atoms with Crippen LogP contribution in [0, 0.1) is 0 Å². The number of rotatable bonds is 3. The molecular formula is C10H13ClN2O2. The Balaban J connectivity index is 2.57. The largest absolute Gasteiger partial charge is 0.506 e. The minimum Gasteiger partial charge on any atom is -0.506 e. The molecule has 0 radical (unpaired) electrons. The number of nitrogens with one attached hydrogen (secondary N) is 2. The van der Waals surface area contributed by atoms with Gasteiger partial charge in [0.25, 0.3) is 0 Å². The van der Waals surface area contributed by atoms with Crippen LogP contribution < -0.4 is 10.6 Å². The van der Waals surface area contributed by atoms with E-state index in [2.05, 4.69) is 10.6 Å². The molecule has 4 nitrogen and oxygen atoms in total. The summed E-state index contributed by atoms with van der Waals surface area (Å²) in [6, 6.07) is 4.24. The second-order valence-electron chi connectivity index (χ2n) is 3.05. The van der Waals surface area contributed by atoms with Crippen LogP contribution in [0.25, 0.3) is 0 Å². The molecule has 1 aromatic carbocycles. The number of hydrogen-bond acceptors (Lipinski definition) is 2. The predicted molar refractivity (Wildman–Crippen MR) is 60.4 cm³/mol. The Bertz CT molecular complexity index is 355. The molecule has 0 spiro atoms. The smallest absolute Gasteiger partial charge is 0.319 e. The number of anilines is 1. The molecule has 0 aliphatic carbocycles. The fourth-order valence-electron chi connectivity index (χ4n) is 1.00. The average Bonchev–Trinajstić information content (AvgIpc) is 2.20. The number of carbonyl (C=O) groups excluding carboxylic acids is 1. The van der Waals surface area contributed by atoms with Gasteiger partial charge in [-0.2, -0.15) is 0 Å². The first-order chi connectivity index (χ1) is 7.13. The third kappa shape index (κ3) is 3.67. The lowest BCUT2D eigenvalue weighted by atomic mass is 10.3. The number of phenols is 1. The fraction of sp³-hybridized carbons (Fsp3) is 0.300. The molecule has 0 bridgehead atoms. The van der Waals surface area contributed by atoms with Gasteiger partial charge in [-0.3, -0.25) is 0 Å². The number of phenolic OH excluding ortho intramolecular Hbond substituents is 1. The number of aromatic hydroxyl groups is 1. The Kier molecular flexibility index (Phi) is 4.24. The second-order valence-corrected chi connectivity index (χ2v) is 3.45. The van der Waals surface area contributed by atoms with Gasteiger partial charge in [0.1, 0.15) is 5.75 Å². The number of hydrogen-bond donors (Lipinski definition) is 3. The van der Waals surface area contributed by atoms with Crippen molar-refractivity contribution >= 4 is 23.3 Å².